The normalized spacial score (nSPS) is 19.3. The van der Waals surface area contributed by atoms with E-state index in [1.165, 1.54) is 0 Å². The Balaban J connectivity index is 1.94. The summed E-state index contributed by atoms with van der Waals surface area (Å²) in [4.78, 5) is 24.2. The maximum atomic E-state index is 12.3. The van der Waals surface area contributed by atoms with Crippen LogP contribution in [0.1, 0.15) is 18.4 Å². The molecule has 1 fully saturated rings. The van der Waals surface area contributed by atoms with Gasteiger partial charge in [-0.2, -0.15) is 8.42 Å². The molecule has 0 aliphatic carbocycles. The molecular weight excluding hydrogens is 387 g/mol. The molecular formula is C13H19N4O7PS. The highest BCUT2D eigenvalue weighted by Crippen LogP contribution is 2.34. The number of rotatable bonds is 6. The van der Waals surface area contributed by atoms with Crippen molar-refractivity contribution < 1.29 is 31.9 Å². The van der Waals surface area contributed by atoms with E-state index < -0.39 is 36.4 Å². The maximum Gasteiger partial charge on any atom is 0.408 e. The minimum Gasteiger partial charge on any atom is -0.445 e. The van der Waals surface area contributed by atoms with Gasteiger partial charge in [0.2, 0.25) is 0 Å². The van der Waals surface area contributed by atoms with E-state index in [-0.39, 0.29) is 23.8 Å². The summed E-state index contributed by atoms with van der Waals surface area (Å²) in [5.74, 6) is 4.30. The van der Waals surface area contributed by atoms with Crippen LogP contribution < -0.4 is 11.2 Å². The molecule has 26 heavy (non-hydrogen) atoms. The van der Waals surface area contributed by atoms with Crippen molar-refractivity contribution in [2.75, 3.05) is 6.54 Å². The number of carbonyl (C=O) groups excluding carboxylic acids is 2. The largest absolute Gasteiger partial charge is 0.445 e. The highest BCUT2D eigenvalue weighted by Gasteiger charge is 2.37. The van der Waals surface area contributed by atoms with Crippen LogP contribution in [-0.2, 0) is 31.0 Å². The Bertz CT molecular complexity index is 789. The molecule has 0 saturated carbocycles. The van der Waals surface area contributed by atoms with Crippen molar-refractivity contribution in [2.24, 2.45) is 5.84 Å². The summed E-state index contributed by atoms with van der Waals surface area (Å²) in [6.07, 6.45) is -0.222. The van der Waals surface area contributed by atoms with Gasteiger partial charge in [-0.25, -0.2) is 10.6 Å². The molecule has 1 saturated heterocycles. The first kappa shape index (κ1) is 20.3. The standard InChI is InChI=1S/C13H19N4O7PS/c14-17(26(21,22)23)25(20)16-8-4-7-11(12(16)18)15-13(19)24-9-10-5-2-1-3-6-10/h1-3,5-6,11,25H,4,7-9,14H2,(H,15,19)(H,21,22,23)/t11-/m0/s1. The van der Waals surface area contributed by atoms with Crippen LogP contribution in [0.2, 0.25) is 0 Å². The molecule has 1 heterocycles. The van der Waals surface area contributed by atoms with E-state index >= 15 is 0 Å². The summed E-state index contributed by atoms with van der Waals surface area (Å²) in [7, 11) is -8.40. The summed E-state index contributed by atoms with van der Waals surface area (Å²) in [6.45, 7) is -0.00960. The van der Waals surface area contributed by atoms with Crippen molar-refractivity contribution in [3.8, 4) is 0 Å². The van der Waals surface area contributed by atoms with Gasteiger partial charge >= 0.3 is 16.4 Å². The van der Waals surface area contributed by atoms with E-state index in [9.17, 15) is 22.6 Å². The monoisotopic (exact) mass is 406 g/mol. The van der Waals surface area contributed by atoms with Gasteiger partial charge in [0.25, 0.3) is 14.0 Å². The molecule has 1 aromatic carbocycles. The number of alkyl carbamates (subject to hydrolysis) is 1. The van der Waals surface area contributed by atoms with Crippen molar-refractivity contribution in [1.29, 1.82) is 0 Å². The van der Waals surface area contributed by atoms with Gasteiger partial charge in [-0.15, -0.1) is 0 Å². The second-order valence-corrected chi connectivity index (χ2v) is 8.65. The van der Waals surface area contributed by atoms with Crippen LogP contribution in [0.15, 0.2) is 30.3 Å². The topological polar surface area (TPSA) is 159 Å². The molecule has 2 rings (SSSR count). The van der Waals surface area contributed by atoms with Gasteiger partial charge in [-0.3, -0.25) is 18.6 Å². The molecule has 2 atom stereocenters. The molecule has 0 bridgehead atoms. The van der Waals surface area contributed by atoms with Gasteiger partial charge in [0.05, 0.1) is 0 Å². The van der Waals surface area contributed by atoms with Crippen molar-refractivity contribution >= 4 is 30.4 Å². The summed E-state index contributed by atoms with van der Waals surface area (Å²) in [5.41, 5.74) is 0.760. The zero-order valence-electron chi connectivity index (χ0n) is 13.6. The zero-order chi connectivity index (χ0) is 19.3. The van der Waals surface area contributed by atoms with Gasteiger partial charge in [0.15, 0.2) is 0 Å². The van der Waals surface area contributed by atoms with Gasteiger partial charge in [-0.1, -0.05) is 30.3 Å². The van der Waals surface area contributed by atoms with Crippen LogP contribution in [-0.4, -0.2) is 46.4 Å². The summed E-state index contributed by atoms with van der Waals surface area (Å²) in [5, 5.41) is 2.36. The third-order valence-corrected chi connectivity index (χ3v) is 6.55. The summed E-state index contributed by atoms with van der Waals surface area (Å²) < 4.78 is 48.3. The number of ether oxygens (including phenoxy) is 1. The number of hydrazine groups is 1. The number of carbonyl (C=O) groups is 2. The number of hydrogen-bond donors (Lipinski definition) is 3. The Morgan fingerprint density at radius 1 is 1.42 bits per heavy atom. The predicted molar refractivity (Wildman–Crippen MR) is 91.1 cm³/mol. The molecule has 11 nitrogen and oxygen atoms in total. The molecule has 4 N–H and O–H groups in total. The van der Waals surface area contributed by atoms with Gasteiger partial charge in [0, 0.05) is 6.54 Å². The van der Waals surface area contributed by atoms with Crippen molar-refractivity contribution in [2.45, 2.75) is 25.5 Å². The minimum absolute atomic E-state index is 0.00717. The van der Waals surface area contributed by atoms with Gasteiger partial charge in [-0.05, 0) is 22.6 Å². The first-order chi connectivity index (χ1) is 12.2. The zero-order valence-corrected chi connectivity index (χ0v) is 15.4. The maximum absolute atomic E-state index is 12.3. The minimum atomic E-state index is -4.92. The second kappa shape index (κ2) is 8.60. The molecule has 1 unspecified atom stereocenters. The van der Waals surface area contributed by atoms with E-state index in [0.29, 0.717) is 6.42 Å². The smallest absolute Gasteiger partial charge is 0.408 e. The molecule has 144 valence electrons. The SMILES string of the molecule is NN([PH](=O)N1CCC[C@H](NC(=O)OCc2ccccc2)C1=O)S(=O)(=O)O. The van der Waals surface area contributed by atoms with Gasteiger partial charge in [0.1, 0.15) is 12.6 Å². The Morgan fingerprint density at radius 2 is 2.08 bits per heavy atom. The van der Waals surface area contributed by atoms with Crippen LogP contribution >= 0.6 is 8.10 Å². The Morgan fingerprint density at radius 3 is 2.69 bits per heavy atom. The molecule has 1 aromatic rings. The highest BCUT2D eigenvalue weighted by atomic mass is 32.2. The Labute approximate surface area is 150 Å². The Kier molecular flexibility index (Phi) is 6.73. The lowest BCUT2D eigenvalue weighted by atomic mass is 10.1. The number of nitrogens with two attached hydrogens (primary N) is 1. The number of piperidine rings is 1. The highest BCUT2D eigenvalue weighted by molar-refractivity contribution is 7.88. The lowest BCUT2D eigenvalue weighted by molar-refractivity contribution is -0.130. The van der Waals surface area contributed by atoms with Crippen LogP contribution in [0, 0.1) is 0 Å². The molecule has 1 aliphatic heterocycles. The Hall–Kier alpha value is -1.98. The fourth-order valence-electron chi connectivity index (χ4n) is 2.32. The number of benzene rings is 1. The molecule has 2 amide bonds. The average Bonchev–Trinajstić information content (AvgIpc) is 2.60. The molecule has 0 radical (unpaired) electrons. The molecule has 0 spiro atoms. The summed E-state index contributed by atoms with van der Waals surface area (Å²) in [6, 6.07) is 7.87. The lowest BCUT2D eigenvalue weighted by Gasteiger charge is -2.33. The molecule has 0 aromatic heterocycles. The van der Waals surface area contributed by atoms with Crippen molar-refractivity contribution in [3.05, 3.63) is 35.9 Å². The fourth-order valence-corrected chi connectivity index (χ4v) is 4.34. The predicted octanol–water partition coefficient (Wildman–Crippen LogP) is 0.272. The number of nitrogens with zero attached hydrogens (tertiary/aromatic N) is 2. The first-order valence-electron chi connectivity index (χ1n) is 7.55. The number of hydrogen-bond acceptors (Lipinski definition) is 7. The van der Waals surface area contributed by atoms with E-state index in [4.69, 9.17) is 15.1 Å². The third kappa shape index (κ3) is 5.26. The van der Waals surface area contributed by atoms with Crippen molar-refractivity contribution in [3.63, 3.8) is 0 Å². The quantitative estimate of drug-likeness (QED) is 0.263. The number of amides is 2. The lowest BCUT2D eigenvalue weighted by Crippen LogP contribution is -2.51. The van der Waals surface area contributed by atoms with Crippen LogP contribution in [0.4, 0.5) is 4.79 Å². The first-order valence-corrected chi connectivity index (χ1v) is 10.2. The third-order valence-electron chi connectivity index (χ3n) is 3.61. The van der Waals surface area contributed by atoms with E-state index in [0.717, 1.165) is 10.2 Å². The second-order valence-electron chi connectivity index (χ2n) is 5.45. The average molecular weight is 406 g/mol. The van der Waals surface area contributed by atoms with Crippen molar-refractivity contribution in [1.82, 2.24) is 14.2 Å². The van der Waals surface area contributed by atoms with Crippen LogP contribution in [0.3, 0.4) is 0 Å². The summed E-state index contributed by atoms with van der Waals surface area (Å²) >= 11 is 0. The van der Waals surface area contributed by atoms with Crippen LogP contribution in [0.5, 0.6) is 0 Å². The van der Waals surface area contributed by atoms with E-state index in [2.05, 4.69) is 5.32 Å². The van der Waals surface area contributed by atoms with Gasteiger partial charge < -0.3 is 10.1 Å². The molecule has 13 heteroatoms. The van der Waals surface area contributed by atoms with E-state index in [1.54, 1.807) is 24.3 Å². The van der Waals surface area contributed by atoms with Crippen LogP contribution in [0.25, 0.3) is 0 Å². The number of nitrogens with one attached hydrogen (secondary N) is 1. The molecule has 1 aliphatic rings. The fraction of sp³-hybridized carbons (Fsp3) is 0.385. The van der Waals surface area contributed by atoms with E-state index in [1.807, 2.05) is 6.07 Å².